The molecule has 2 atom stereocenters. The number of rotatable bonds is 12. The highest BCUT2D eigenvalue weighted by atomic mass is 32.2. The van der Waals surface area contributed by atoms with Crippen LogP contribution >= 0.6 is 23.3 Å². The Balaban J connectivity index is 1.28. The number of thioether (sulfide) groups is 1. The minimum Gasteiger partial charge on any atom is -0.478 e. The van der Waals surface area contributed by atoms with E-state index in [1.807, 2.05) is 29.1 Å². The molecule has 0 aliphatic carbocycles. The number of carboxylic acids is 2. The molecule has 0 saturated carbocycles. The van der Waals surface area contributed by atoms with Gasteiger partial charge in [0, 0.05) is 66.2 Å². The van der Waals surface area contributed by atoms with Crippen LogP contribution in [0.5, 0.6) is 0 Å². The molecule has 0 radical (unpaired) electrons. The maximum atomic E-state index is 13.2. The summed E-state index contributed by atoms with van der Waals surface area (Å²) in [5.74, 6) is -3.42. The number of carbonyl (C=O) groups excluding carboxylic acids is 2. The fraction of sp³-hybridized carbons (Fsp3) is 0.440. The van der Waals surface area contributed by atoms with Crippen LogP contribution < -0.4 is 26.3 Å². The summed E-state index contributed by atoms with van der Waals surface area (Å²) in [5.41, 5.74) is 4.75. The molecule has 2 amide bonds. The van der Waals surface area contributed by atoms with E-state index in [1.165, 1.54) is 30.5 Å². The van der Waals surface area contributed by atoms with Gasteiger partial charge in [0.15, 0.2) is 24.1 Å². The van der Waals surface area contributed by atoms with Crippen molar-refractivity contribution in [2.75, 3.05) is 36.4 Å². The molecule has 0 aromatic carbocycles. The number of nitrogens with two attached hydrogens (primary N) is 1. The molecule has 2 aromatic rings. The van der Waals surface area contributed by atoms with Crippen LogP contribution in [0.15, 0.2) is 41.0 Å². The summed E-state index contributed by atoms with van der Waals surface area (Å²) in [5, 5.41) is 31.5. The van der Waals surface area contributed by atoms with E-state index < -0.39 is 46.5 Å². The van der Waals surface area contributed by atoms with Crippen LogP contribution in [0.1, 0.15) is 19.7 Å². The Morgan fingerprint density at radius 1 is 1.28 bits per heavy atom. The summed E-state index contributed by atoms with van der Waals surface area (Å²) in [6, 6.07) is 2.75. The van der Waals surface area contributed by atoms with Crippen molar-refractivity contribution in [2.24, 2.45) is 11.1 Å². The van der Waals surface area contributed by atoms with E-state index in [9.17, 15) is 29.4 Å². The van der Waals surface area contributed by atoms with Gasteiger partial charge in [-0.1, -0.05) is 5.16 Å². The third-order valence-corrected chi connectivity index (χ3v) is 8.89. The first-order valence-corrected chi connectivity index (χ1v) is 15.0. The average Bonchev–Trinajstić information content (AvgIpc) is 3.36. The average molecular weight is 633 g/mol. The van der Waals surface area contributed by atoms with E-state index in [1.54, 1.807) is 0 Å². The van der Waals surface area contributed by atoms with Crippen molar-refractivity contribution < 1.29 is 38.8 Å². The van der Waals surface area contributed by atoms with E-state index in [2.05, 4.69) is 30.5 Å². The van der Waals surface area contributed by atoms with Crippen molar-refractivity contribution in [2.45, 2.75) is 37.4 Å². The molecular formula is C25H30N9O7S2+. The number of hydrogen-bond acceptors (Lipinski definition) is 13. The minimum absolute atomic E-state index is 0.0282. The molecular weight excluding hydrogens is 602 g/mol. The summed E-state index contributed by atoms with van der Waals surface area (Å²) in [6.45, 7) is 5.59. The predicted molar refractivity (Wildman–Crippen MR) is 155 cm³/mol. The second-order valence-electron chi connectivity index (χ2n) is 10.6. The first-order chi connectivity index (χ1) is 20.4. The highest BCUT2D eigenvalue weighted by Gasteiger charge is 2.55. The number of aromatic nitrogens is 3. The van der Waals surface area contributed by atoms with Gasteiger partial charge in [0.05, 0.1) is 0 Å². The molecule has 0 bridgehead atoms. The number of hydrogen-bond donors (Lipinski definition) is 6. The Kier molecular flexibility index (Phi) is 8.52. The zero-order valence-electron chi connectivity index (χ0n) is 23.1. The monoisotopic (exact) mass is 632 g/mol. The van der Waals surface area contributed by atoms with Crippen molar-refractivity contribution in [3.8, 4) is 0 Å². The smallest absolute Gasteiger partial charge is 0.352 e. The van der Waals surface area contributed by atoms with Gasteiger partial charge in [0.25, 0.3) is 11.8 Å². The van der Waals surface area contributed by atoms with Crippen LogP contribution in [-0.4, -0.2) is 96.3 Å². The Morgan fingerprint density at radius 3 is 2.58 bits per heavy atom. The number of aliphatic carboxylic acids is 2. The number of carbonyl (C=O) groups is 4. The lowest BCUT2D eigenvalue weighted by atomic mass is 10.0. The second-order valence-corrected chi connectivity index (χ2v) is 12.5. The van der Waals surface area contributed by atoms with Crippen molar-refractivity contribution >= 4 is 63.6 Å². The van der Waals surface area contributed by atoms with Crippen LogP contribution in [0.3, 0.4) is 0 Å². The molecule has 2 saturated heterocycles. The number of β-lactam (4-membered cyclic amide) rings is 1. The van der Waals surface area contributed by atoms with E-state index in [4.69, 9.17) is 10.6 Å². The van der Waals surface area contributed by atoms with Gasteiger partial charge in [0.1, 0.15) is 17.1 Å². The molecule has 3 aliphatic heterocycles. The standard InChI is InChI=1S/C25H29N9O7S2/c1-25(2,23(39)40)41-31-15(18-30-24(26)43-32-18)19(35)29-16-20(36)34-17(22(37)38)13(11-42-21(16)34)10-33-5-3-14(4-6-33)28-9-12-7-27-8-12/h3-6,12,16,21,27H,7-11H2,1-2H3,(H5,26,29,30,32,35,37,38,39,40)/p+1/b31-15-. The van der Waals surface area contributed by atoms with Gasteiger partial charge in [-0.25, -0.2) is 14.2 Å². The molecule has 2 fully saturated rings. The van der Waals surface area contributed by atoms with Gasteiger partial charge in [-0.2, -0.15) is 9.36 Å². The molecule has 2 unspecified atom stereocenters. The van der Waals surface area contributed by atoms with Crippen molar-refractivity contribution in [1.29, 1.82) is 0 Å². The largest absolute Gasteiger partial charge is 0.478 e. The van der Waals surface area contributed by atoms with E-state index in [-0.39, 0.29) is 23.2 Å². The molecule has 228 valence electrons. The number of nitrogen functional groups attached to an aromatic ring is 1. The lowest BCUT2D eigenvalue weighted by molar-refractivity contribution is -0.688. The molecule has 2 aromatic heterocycles. The first-order valence-electron chi connectivity index (χ1n) is 13.2. The number of nitrogens with zero attached hydrogens (tertiary/aromatic N) is 5. The Bertz CT molecular complexity index is 1500. The summed E-state index contributed by atoms with van der Waals surface area (Å²) in [4.78, 5) is 60.3. The fourth-order valence-corrected chi connectivity index (χ4v) is 6.15. The zero-order chi connectivity index (χ0) is 30.9. The van der Waals surface area contributed by atoms with Crippen molar-refractivity contribution in [1.82, 2.24) is 24.9 Å². The lowest BCUT2D eigenvalue weighted by Crippen LogP contribution is -2.71. The minimum atomic E-state index is -1.78. The molecule has 5 heterocycles. The quantitative estimate of drug-likeness (QED) is 0.0720. The number of anilines is 2. The molecule has 0 spiro atoms. The molecule has 43 heavy (non-hydrogen) atoms. The summed E-state index contributed by atoms with van der Waals surface area (Å²) >= 11 is 2.10. The summed E-state index contributed by atoms with van der Waals surface area (Å²) in [6.07, 6.45) is 3.69. The highest BCUT2D eigenvalue weighted by Crippen LogP contribution is 2.40. The summed E-state index contributed by atoms with van der Waals surface area (Å²) in [7, 11) is 0. The van der Waals surface area contributed by atoms with Gasteiger partial charge in [0.2, 0.25) is 17.1 Å². The third kappa shape index (κ3) is 6.40. The van der Waals surface area contributed by atoms with Gasteiger partial charge in [-0.3, -0.25) is 14.5 Å². The van der Waals surface area contributed by atoms with Gasteiger partial charge < -0.3 is 36.7 Å². The lowest BCUT2D eigenvalue weighted by Gasteiger charge is -2.49. The second kappa shape index (κ2) is 12.1. The van der Waals surface area contributed by atoms with Crippen LogP contribution in [0, 0.1) is 5.92 Å². The Labute approximate surface area is 253 Å². The van der Waals surface area contributed by atoms with Crippen LogP contribution in [-0.2, 0) is 30.6 Å². The SMILES string of the molecule is CC(C)(O/N=C(\C(=O)NC1C(=O)N2C(C(=O)O)=C(C[n+]3ccc(NCC4CNC4)cc3)CSC12)c1nsc(N)n1)C(=O)O. The van der Waals surface area contributed by atoms with Crippen LogP contribution in [0.25, 0.3) is 0 Å². The van der Waals surface area contributed by atoms with Crippen LogP contribution in [0.4, 0.5) is 10.8 Å². The summed E-state index contributed by atoms with van der Waals surface area (Å²) < 4.78 is 5.78. The molecule has 18 heteroatoms. The maximum Gasteiger partial charge on any atom is 0.352 e. The number of carboxylic acid groups (broad SMARTS) is 2. The van der Waals surface area contributed by atoms with Crippen molar-refractivity contribution in [3.63, 3.8) is 0 Å². The molecule has 16 nitrogen and oxygen atoms in total. The van der Waals surface area contributed by atoms with E-state index >= 15 is 0 Å². The number of amides is 2. The molecule has 7 N–H and O–H groups in total. The number of pyridine rings is 1. The van der Waals surface area contributed by atoms with E-state index in [0.717, 1.165) is 36.9 Å². The molecule has 3 aliphatic rings. The first kappa shape index (κ1) is 30.2. The van der Waals surface area contributed by atoms with Gasteiger partial charge >= 0.3 is 11.9 Å². The molecule has 5 rings (SSSR count). The predicted octanol–water partition coefficient (Wildman–Crippen LogP) is -0.938. The van der Waals surface area contributed by atoms with E-state index in [0.29, 0.717) is 17.2 Å². The maximum absolute atomic E-state index is 13.2. The number of nitrogens with one attached hydrogen (secondary N) is 3. The van der Waals surface area contributed by atoms with Gasteiger partial charge in [-0.15, -0.1) is 11.8 Å². The number of fused-ring (bicyclic) bond motifs is 1. The van der Waals surface area contributed by atoms with Crippen molar-refractivity contribution in [3.05, 3.63) is 41.6 Å². The normalized spacial score (nSPS) is 20.6. The Hall–Kier alpha value is -4.29. The fourth-order valence-electron chi connectivity index (χ4n) is 4.38. The highest BCUT2D eigenvalue weighted by molar-refractivity contribution is 8.00. The van der Waals surface area contributed by atoms with Crippen LogP contribution in [0.2, 0.25) is 0 Å². The topological polar surface area (TPSA) is 225 Å². The third-order valence-electron chi connectivity index (χ3n) is 7.01. The van der Waals surface area contributed by atoms with Gasteiger partial charge in [-0.05, 0) is 13.8 Å². The number of oxime groups is 1. The Morgan fingerprint density at radius 2 is 2.00 bits per heavy atom. The zero-order valence-corrected chi connectivity index (χ0v) is 24.8.